The van der Waals surface area contributed by atoms with Crippen molar-refractivity contribution in [1.82, 2.24) is 0 Å². The highest BCUT2D eigenvalue weighted by molar-refractivity contribution is 6.75. The first-order valence-corrected chi connectivity index (χ1v) is 7.63. The molecule has 0 aliphatic carbocycles. The van der Waals surface area contributed by atoms with Gasteiger partial charge in [0.15, 0.2) is 0 Å². The third-order valence-electron chi connectivity index (χ3n) is 2.80. The van der Waals surface area contributed by atoms with Gasteiger partial charge in [-0.3, -0.25) is 0 Å². The van der Waals surface area contributed by atoms with Gasteiger partial charge in [-0.05, 0) is 24.3 Å². The Balaban J connectivity index is 2.32. The topological polar surface area (TPSA) is 53.7 Å². The second-order valence-corrected chi connectivity index (χ2v) is 6.71. The Morgan fingerprint density at radius 3 is 1.95 bits per heavy atom. The van der Waals surface area contributed by atoms with Crippen LogP contribution >= 0.6 is 0 Å². The molecule has 0 aliphatic rings. The molecule has 0 heterocycles. The van der Waals surface area contributed by atoms with Crippen LogP contribution in [0.1, 0.15) is 0 Å². The molecule has 0 bridgehead atoms. The highest BCUT2D eigenvalue weighted by atomic mass is 28.4. The minimum atomic E-state index is -2.92. The average Bonchev–Trinajstić information content (AvgIpc) is 2.48. The van der Waals surface area contributed by atoms with Gasteiger partial charge < -0.3 is 19.0 Å². The van der Waals surface area contributed by atoms with E-state index in [-0.39, 0.29) is 0 Å². The van der Waals surface area contributed by atoms with Gasteiger partial charge in [0, 0.05) is 25.1 Å². The second-order valence-electron chi connectivity index (χ2n) is 4.00. The Kier molecular flexibility index (Phi) is 4.21. The van der Waals surface area contributed by atoms with Crippen LogP contribution in [0, 0.1) is 0 Å². The largest absolute Gasteiger partial charge is 0.602 e. The predicted molar refractivity (Wildman–Crippen MR) is 77.3 cm³/mol. The molecule has 2 aromatic rings. The normalized spacial score (nSPS) is 11.3. The van der Waals surface area contributed by atoms with Crippen molar-refractivity contribution in [3.63, 3.8) is 0 Å². The van der Waals surface area contributed by atoms with Crippen molar-refractivity contribution < 1.29 is 13.3 Å². The molecule has 0 aromatic heterocycles. The molecule has 0 saturated carbocycles. The van der Waals surface area contributed by atoms with Gasteiger partial charge in [0.05, 0.1) is 0 Å². The summed E-state index contributed by atoms with van der Waals surface area (Å²) in [6, 6.07) is 16.9. The van der Waals surface area contributed by atoms with E-state index in [1.807, 2.05) is 30.3 Å². The summed E-state index contributed by atoms with van der Waals surface area (Å²) in [5, 5.41) is 0.914. The average molecular weight is 275 g/mol. The van der Waals surface area contributed by atoms with Crippen molar-refractivity contribution in [1.29, 1.82) is 0 Å². The van der Waals surface area contributed by atoms with E-state index < -0.39 is 8.80 Å². The van der Waals surface area contributed by atoms with E-state index in [2.05, 4.69) is 0 Å². The SMILES string of the molecule is CO[Si](OC)(Oc1ccc(N)cc1)c1ccccc1. The number of nitrogen functional groups attached to an aromatic ring is 1. The molecule has 0 atom stereocenters. The third kappa shape index (κ3) is 2.95. The standard InChI is InChI=1S/C14H17NO3Si/c1-16-19(17-2,14-6-4-3-5-7-14)18-13-10-8-12(15)9-11-13/h3-11H,15H2,1-2H3. The van der Waals surface area contributed by atoms with Crippen LogP contribution in [0.4, 0.5) is 5.69 Å². The molecule has 0 aliphatic heterocycles. The minimum Gasteiger partial charge on any atom is -0.498 e. The number of nitrogens with two attached hydrogens (primary N) is 1. The highest BCUT2D eigenvalue weighted by Crippen LogP contribution is 2.18. The monoisotopic (exact) mass is 275 g/mol. The molecule has 2 aromatic carbocycles. The first kappa shape index (κ1) is 13.6. The van der Waals surface area contributed by atoms with Crippen molar-refractivity contribution in [3.05, 3.63) is 54.6 Å². The fourth-order valence-electron chi connectivity index (χ4n) is 1.79. The van der Waals surface area contributed by atoms with Gasteiger partial charge in [-0.25, -0.2) is 0 Å². The molecule has 4 nitrogen and oxygen atoms in total. The molecule has 100 valence electrons. The van der Waals surface area contributed by atoms with Crippen LogP contribution in [0.15, 0.2) is 54.6 Å². The van der Waals surface area contributed by atoms with Crippen molar-refractivity contribution in [2.75, 3.05) is 20.0 Å². The van der Waals surface area contributed by atoms with E-state index in [1.54, 1.807) is 38.5 Å². The second kappa shape index (κ2) is 5.88. The lowest BCUT2D eigenvalue weighted by Crippen LogP contribution is -2.58. The van der Waals surface area contributed by atoms with E-state index in [4.69, 9.17) is 19.0 Å². The van der Waals surface area contributed by atoms with Crippen molar-refractivity contribution in [2.24, 2.45) is 0 Å². The number of hydrogen-bond donors (Lipinski definition) is 1. The first-order chi connectivity index (χ1) is 9.20. The van der Waals surface area contributed by atoms with E-state index in [9.17, 15) is 0 Å². The van der Waals surface area contributed by atoms with Crippen LogP contribution in [-0.4, -0.2) is 23.0 Å². The summed E-state index contributed by atoms with van der Waals surface area (Å²) in [5.41, 5.74) is 6.35. The molecule has 5 heteroatoms. The summed E-state index contributed by atoms with van der Waals surface area (Å²) in [7, 11) is 0.276. The summed E-state index contributed by atoms with van der Waals surface area (Å²) in [5.74, 6) is 0.674. The van der Waals surface area contributed by atoms with Crippen LogP contribution in [0.25, 0.3) is 0 Å². The fourth-order valence-corrected chi connectivity index (χ4v) is 3.76. The summed E-state index contributed by atoms with van der Waals surface area (Å²) < 4.78 is 17.1. The Morgan fingerprint density at radius 1 is 0.842 bits per heavy atom. The van der Waals surface area contributed by atoms with Crippen LogP contribution in [-0.2, 0) is 8.85 Å². The Bertz CT molecular complexity index is 512. The number of benzene rings is 2. The summed E-state index contributed by atoms with van der Waals surface area (Å²) in [6.45, 7) is 0. The molecule has 2 rings (SSSR count). The molecule has 0 radical (unpaired) electrons. The zero-order valence-corrected chi connectivity index (χ0v) is 12.0. The lowest BCUT2D eigenvalue weighted by molar-refractivity contribution is 0.178. The van der Waals surface area contributed by atoms with Crippen LogP contribution in [0.3, 0.4) is 0 Å². The van der Waals surface area contributed by atoms with Gasteiger partial charge in [-0.15, -0.1) is 0 Å². The molecule has 19 heavy (non-hydrogen) atoms. The van der Waals surface area contributed by atoms with Gasteiger partial charge in [0.25, 0.3) is 0 Å². The molecular weight excluding hydrogens is 258 g/mol. The molecule has 2 N–H and O–H groups in total. The van der Waals surface area contributed by atoms with Crippen molar-refractivity contribution >= 4 is 19.7 Å². The first-order valence-electron chi connectivity index (χ1n) is 5.90. The molecular formula is C14H17NO3Si. The van der Waals surface area contributed by atoms with Gasteiger partial charge in [-0.1, -0.05) is 30.3 Å². The van der Waals surface area contributed by atoms with E-state index >= 15 is 0 Å². The zero-order chi connectivity index (χ0) is 13.7. The Labute approximate surface area is 114 Å². The van der Waals surface area contributed by atoms with Crippen LogP contribution in [0.2, 0.25) is 0 Å². The van der Waals surface area contributed by atoms with E-state index in [0.717, 1.165) is 5.19 Å². The van der Waals surface area contributed by atoms with Gasteiger partial charge in [-0.2, -0.15) is 0 Å². The molecule has 0 saturated heterocycles. The summed E-state index contributed by atoms with van der Waals surface area (Å²) in [4.78, 5) is 0. The maximum atomic E-state index is 5.98. The Hall–Kier alpha value is -1.82. The summed E-state index contributed by atoms with van der Waals surface area (Å²) in [6.07, 6.45) is 0. The predicted octanol–water partition coefficient (Wildman–Crippen LogP) is 1.79. The van der Waals surface area contributed by atoms with Crippen molar-refractivity contribution in [3.8, 4) is 5.75 Å². The molecule has 0 unspecified atom stereocenters. The minimum absolute atomic E-state index is 0.674. The fraction of sp³-hybridized carbons (Fsp3) is 0.143. The van der Waals surface area contributed by atoms with Gasteiger partial charge in [0.2, 0.25) is 0 Å². The van der Waals surface area contributed by atoms with E-state index in [0.29, 0.717) is 11.4 Å². The van der Waals surface area contributed by atoms with E-state index in [1.165, 1.54) is 0 Å². The number of anilines is 1. The maximum absolute atomic E-state index is 5.98. The van der Waals surface area contributed by atoms with Gasteiger partial charge in [0.1, 0.15) is 5.75 Å². The molecule has 0 fully saturated rings. The van der Waals surface area contributed by atoms with Gasteiger partial charge >= 0.3 is 8.80 Å². The number of rotatable bonds is 5. The highest BCUT2D eigenvalue weighted by Gasteiger charge is 2.44. The third-order valence-corrected chi connectivity index (χ3v) is 5.42. The number of hydrogen-bond acceptors (Lipinski definition) is 4. The van der Waals surface area contributed by atoms with Crippen molar-refractivity contribution in [2.45, 2.75) is 0 Å². The molecule has 0 spiro atoms. The lowest BCUT2D eigenvalue weighted by atomic mass is 10.3. The smallest absolute Gasteiger partial charge is 0.498 e. The van der Waals surface area contributed by atoms with Crippen LogP contribution in [0.5, 0.6) is 5.75 Å². The molecule has 0 amide bonds. The Morgan fingerprint density at radius 2 is 1.42 bits per heavy atom. The quantitative estimate of drug-likeness (QED) is 0.667. The zero-order valence-electron chi connectivity index (χ0n) is 11.0. The maximum Gasteiger partial charge on any atom is 0.602 e. The lowest BCUT2D eigenvalue weighted by Gasteiger charge is -2.27. The van der Waals surface area contributed by atoms with Crippen LogP contribution < -0.4 is 15.3 Å². The summed E-state index contributed by atoms with van der Waals surface area (Å²) >= 11 is 0.